The maximum Gasteiger partial charge on any atom is 0.303 e. The van der Waals surface area contributed by atoms with Crippen LogP contribution in [-0.4, -0.2) is 66.7 Å². The molecule has 0 aliphatic carbocycles. The van der Waals surface area contributed by atoms with Crippen LogP contribution in [0.5, 0.6) is 11.6 Å². The number of aliphatic hydroxyl groups is 1. The number of allylic oxidation sites excluding steroid dienone is 1. The van der Waals surface area contributed by atoms with Crippen LogP contribution in [0.25, 0.3) is 11.6 Å². The topological polar surface area (TPSA) is 131 Å². The molecule has 1 aromatic heterocycles. The molecule has 42 heavy (non-hydrogen) atoms. The second-order valence-electron chi connectivity index (χ2n) is 9.34. The number of aromatic nitrogens is 2. The first-order chi connectivity index (χ1) is 19.9. The number of carboxylic acids is 1. The van der Waals surface area contributed by atoms with E-state index in [0.717, 1.165) is 15.2 Å². The third-order valence-electron chi connectivity index (χ3n) is 6.25. The number of hydrogen-bond acceptors (Lipinski definition) is 7. The van der Waals surface area contributed by atoms with Crippen LogP contribution in [0.1, 0.15) is 30.9 Å². The molecule has 10 nitrogen and oxygen atoms in total. The number of carboxylic acid groups (broad SMARTS) is 1. The Hall–Kier alpha value is -3.75. The number of hydrogen-bond donors (Lipinski definition) is 2. The Bertz CT molecular complexity index is 1580. The van der Waals surface area contributed by atoms with Gasteiger partial charge in [0.05, 0.1) is 23.9 Å². The number of ether oxygens (including phenoxy) is 2. The molecule has 0 spiro atoms. The number of alkyl halides is 2. The molecule has 1 aliphatic heterocycles. The normalized spacial score (nSPS) is 15.5. The van der Waals surface area contributed by atoms with Gasteiger partial charge in [-0.1, -0.05) is 29.8 Å². The van der Waals surface area contributed by atoms with Gasteiger partial charge in [0.1, 0.15) is 30.8 Å². The van der Waals surface area contributed by atoms with E-state index in [9.17, 15) is 26.4 Å². The van der Waals surface area contributed by atoms with Gasteiger partial charge in [0.15, 0.2) is 4.90 Å². The number of sulfonamides is 1. The molecule has 0 saturated heterocycles. The molecule has 0 radical (unpaired) electrons. The summed E-state index contributed by atoms with van der Waals surface area (Å²) in [4.78, 5) is 10.7. The fourth-order valence-corrected chi connectivity index (χ4v) is 6.33. The van der Waals surface area contributed by atoms with E-state index in [1.165, 1.54) is 30.3 Å². The molecule has 1 atom stereocenters. The van der Waals surface area contributed by atoms with E-state index in [1.807, 2.05) is 0 Å². The number of carbonyl (C=O) groups is 1. The minimum atomic E-state index is -4.56. The van der Waals surface area contributed by atoms with Crippen LogP contribution in [0, 0.1) is 5.82 Å². The number of aliphatic hydroxyl groups excluding tert-OH is 1. The third-order valence-corrected chi connectivity index (χ3v) is 8.33. The van der Waals surface area contributed by atoms with Crippen LogP contribution >= 0.6 is 11.6 Å². The van der Waals surface area contributed by atoms with Gasteiger partial charge in [0.2, 0.25) is 0 Å². The van der Waals surface area contributed by atoms with Crippen LogP contribution in [0.3, 0.4) is 0 Å². The number of benzene rings is 2. The lowest BCUT2D eigenvalue weighted by atomic mass is 10.0. The van der Waals surface area contributed by atoms with Crippen molar-refractivity contribution in [1.82, 2.24) is 9.78 Å². The van der Waals surface area contributed by atoms with Crippen LogP contribution in [0.2, 0.25) is 5.02 Å². The number of fused-ring (bicyclic) bond motifs is 1. The summed E-state index contributed by atoms with van der Waals surface area (Å²) in [6, 6.07) is 8.85. The van der Waals surface area contributed by atoms with E-state index in [2.05, 4.69) is 5.10 Å². The van der Waals surface area contributed by atoms with Gasteiger partial charge < -0.3 is 19.7 Å². The van der Waals surface area contributed by atoms with Crippen molar-refractivity contribution < 1.29 is 46.1 Å². The molecule has 226 valence electrons. The zero-order valence-corrected chi connectivity index (χ0v) is 23.8. The second kappa shape index (κ2) is 13.0. The van der Waals surface area contributed by atoms with Crippen molar-refractivity contribution >= 4 is 44.9 Å². The molecular formula is C27H27ClF3N3O7S. The zero-order valence-electron chi connectivity index (χ0n) is 22.2. The molecular weight excluding hydrogens is 603 g/mol. The van der Waals surface area contributed by atoms with E-state index in [1.54, 1.807) is 19.1 Å². The van der Waals surface area contributed by atoms with Gasteiger partial charge in [-0.2, -0.15) is 0 Å². The van der Waals surface area contributed by atoms with E-state index < -0.39 is 58.3 Å². The largest absolute Gasteiger partial charge is 0.486 e. The molecule has 4 rings (SSSR count). The minimum absolute atomic E-state index is 0.0220. The maximum absolute atomic E-state index is 14.5. The van der Waals surface area contributed by atoms with Crippen molar-refractivity contribution in [2.75, 3.05) is 24.1 Å². The Kier molecular flexibility index (Phi) is 9.69. The van der Waals surface area contributed by atoms with Crippen LogP contribution in [0.15, 0.2) is 47.5 Å². The zero-order chi connectivity index (χ0) is 30.6. The Balaban J connectivity index is 1.81. The Morgan fingerprint density at radius 1 is 1.31 bits per heavy atom. The van der Waals surface area contributed by atoms with E-state index in [0.29, 0.717) is 11.1 Å². The molecule has 1 aliphatic rings. The molecule has 0 bridgehead atoms. The molecule has 2 heterocycles. The highest BCUT2D eigenvalue weighted by Gasteiger charge is 2.38. The fraction of sp³-hybridized carbons (Fsp3) is 0.333. The number of rotatable bonds is 12. The second-order valence-corrected chi connectivity index (χ2v) is 11.6. The van der Waals surface area contributed by atoms with Crippen molar-refractivity contribution in [2.24, 2.45) is 0 Å². The standard InChI is InChI=1S/C27H27ClF3N3O7S/c1-16(26-19(28)3-2-4-20(26)29)11-17-5-7-22-21(12-17)34(13-18(41-22)6-8-25(36)37)42(38,39)23-14-33(15-24(30)31)32-27(23)40-10-9-35/h2-5,7,11-12,14,18,24,35H,6,8-10,13,15H2,1H3,(H,36,37)/t18-/m0/s1. The maximum atomic E-state index is 14.5. The minimum Gasteiger partial charge on any atom is -0.486 e. The van der Waals surface area contributed by atoms with E-state index >= 15 is 0 Å². The van der Waals surface area contributed by atoms with Gasteiger partial charge in [-0.05, 0) is 48.7 Å². The molecule has 3 aromatic rings. The number of aliphatic carboxylic acids is 1. The molecule has 0 fully saturated rings. The summed E-state index contributed by atoms with van der Waals surface area (Å²) in [5.41, 5.74) is 1.15. The average Bonchev–Trinajstić information content (AvgIpc) is 3.32. The third kappa shape index (κ3) is 6.99. The lowest BCUT2D eigenvalue weighted by Crippen LogP contribution is -2.43. The summed E-state index contributed by atoms with van der Waals surface area (Å²) in [6.45, 7) is -0.410. The summed E-state index contributed by atoms with van der Waals surface area (Å²) < 4.78 is 81.7. The molecule has 0 amide bonds. The number of nitrogens with zero attached hydrogens (tertiary/aromatic N) is 3. The van der Waals surface area contributed by atoms with Gasteiger partial charge in [-0.15, -0.1) is 5.10 Å². The van der Waals surface area contributed by atoms with Gasteiger partial charge >= 0.3 is 5.97 Å². The Labute approximate surface area is 244 Å². The monoisotopic (exact) mass is 629 g/mol. The van der Waals surface area contributed by atoms with Crippen molar-refractivity contribution in [3.05, 3.63) is 64.6 Å². The Morgan fingerprint density at radius 2 is 2.07 bits per heavy atom. The predicted molar refractivity (Wildman–Crippen MR) is 148 cm³/mol. The van der Waals surface area contributed by atoms with Crippen LogP contribution in [-0.2, 0) is 21.4 Å². The number of anilines is 1. The Morgan fingerprint density at radius 3 is 2.74 bits per heavy atom. The molecule has 2 N–H and O–H groups in total. The molecule has 0 unspecified atom stereocenters. The van der Waals surface area contributed by atoms with Gasteiger partial charge in [0.25, 0.3) is 22.3 Å². The van der Waals surface area contributed by atoms with Crippen LogP contribution in [0.4, 0.5) is 18.9 Å². The number of halogens is 4. The van der Waals surface area contributed by atoms with Gasteiger partial charge in [-0.25, -0.2) is 21.6 Å². The summed E-state index contributed by atoms with van der Waals surface area (Å²) in [7, 11) is -4.56. The summed E-state index contributed by atoms with van der Waals surface area (Å²) in [5, 5.41) is 22.3. The lowest BCUT2D eigenvalue weighted by molar-refractivity contribution is -0.137. The first kappa shape index (κ1) is 31.2. The molecule has 0 saturated carbocycles. The lowest BCUT2D eigenvalue weighted by Gasteiger charge is -2.35. The van der Waals surface area contributed by atoms with Gasteiger partial charge in [-0.3, -0.25) is 13.8 Å². The predicted octanol–water partition coefficient (Wildman–Crippen LogP) is 4.69. The first-order valence-corrected chi connectivity index (χ1v) is 14.5. The summed E-state index contributed by atoms with van der Waals surface area (Å²) in [5.74, 6) is -2.01. The van der Waals surface area contributed by atoms with Crippen LogP contribution < -0.4 is 13.8 Å². The average molecular weight is 630 g/mol. The van der Waals surface area contributed by atoms with E-state index in [4.69, 9.17) is 31.3 Å². The van der Waals surface area contributed by atoms with Crippen molar-refractivity contribution in [2.45, 2.75) is 43.7 Å². The van der Waals surface area contributed by atoms with Crippen molar-refractivity contribution in [3.63, 3.8) is 0 Å². The summed E-state index contributed by atoms with van der Waals surface area (Å²) >= 11 is 6.20. The fourth-order valence-electron chi connectivity index (χ4n) is 4.44. The highest BCUT2D eigenvalue weighted by atomic mass is 35.5. The smallest absolute Gasteiger partial charge is 0.303 e. The molecule has 2 aromatic carbocycles. The van der Waals surface area contributed by atoms with Gasteiger partial charge in [0, 0.05) is 18.2 Å². The molecule has 15 heteroatoms. The van der Waals surface area contributed by atoms with Crippen molar-refractivity contribution in [1.29, 1.82) is 0 Å². The summed E-state index contributed by atoms with van der Waals surface area (Å²) in [6.07, 6.45) is -1.51. The SMILES string of the molecule is CC(=Cc1ccc2c(c1)N(S(=O)(=O)c1cn(CC(F)F)nc1OCCO)C[C@H](CCC(=O)O)O2)c1c(F)cccc1Cl. The highest BCUT2D eigenvalue weighted by Crippen LogP contribution is 2.41. The van der Waals surface area contributed by atoms with E-state index in [-0.39, 0.29) is 48.0 Å². The highest BCUT2D eigenvalue weighted by molar-refractivity contribution is 7.93. The quantitative estimate of drug-likeness (QED) is 0.276. The van der Waals surface area contributed by atoms with Crippen molar-refractivity contribution in [3.8, 4) is 11.6 Å². The first-order valence-electron chi connectivity index (χ1n) is 12.7.